The fourth-order valence-corrected chi connectivity index (χ4v) is 6.17. The maximum absolute atomic E-state index is 11.3. The van der Waals surface area contributed by atoms with E-state index in [-0.39, 0.29) is 29.3 Å². The SMILES string of the molecule is CCC1(C(O)C/C=C/[C@@H]2[C@@H](CCCc3ccsc3C(=O)O)[C@H](C#N)C[C@H]2O)CCC1. The molecule has 30 heavy (non-hydrogen) atoms. The lowest BCUT2D eigenvalue weighted by molar-refractivity contribution is -0.0355. The van der Waals surface area contributed by atoms with E-state index in [2.05, 4.69) is 13.0 Å². The molecule has 5 atom stereocenters. The third-order valence-electron chi connectivity index (χ3n) is 7.52. The summed E-state index contributed by atoms with van der Waals surface area (Å²) in [6, 6.07) is 4.23. The van der Waals surface area contributed by atoms with Gasteiger partial charge in [-0.1, -0.05) is 25.5 Å². The molecule has 0 spiro atoms. The number of carbonyl (C=O) groups is 1. The van der Waals surface area contributed by atoms with Crippen LogP contribution in [0.2, 0.25) is 0 Å². The molecular weight excluding hydrogens is 398 g/mol. The van der Waals surface area contributed by atoms with Crippen molar-refractivity contribution in [3.05, 3.63) is 34.0 Å². The number of thiophene rings is 1. The number of carboxylic acids is 1. The summed E-state index contributed by atoms with van der Waals surface area (Å²) in [5.41, 5.74) is 0.912. The van der Waals surface area contributed by atoms with E-state index in [0.717, 1.165) is 37.7 Å². The molecule has 6 heteroatoms. The summed E-state index contributed by atoms with van der Waals surface area (Å²) < 4.78 is 0. The molecule has 5 nitrogen and oxygen atoms in total. The normalized spacial score (nSPS) is 28.9. The van der Waals surface area contributed by atoms with Gasteiger partial charge in [-0.2, -0.15) is 5.26 Å². The van der Waals surface area contributed by atoms with E-state index in [9.17, 15) is 25.4 Å². The van der Waals surface area contributed by atoms with Crippen LogP contribution in [-0.2, 0) is 6.42 Å². The molecule has 2 aliphatic carbocycles. The number of hydrogen-bond acceptors (Lipinski definition) is 5. The molecule has 2 fully saturated rings. The quantitative estimate of drug-likeness (QED) is 0.462. The first-order valence-corrected chi connectivity index (χ1v) is 12.0. The summed E-state index contributed by atoms with van der Waals surface area (Å²) in [6.45, 7) is 2.14. The molecule has 164 valence electrons. The molecule has 0 bridgehead atoms. The van der Waals surface area contributed by atoms with Crippen LogP contribution < -0.4 is 0 Å². The minimum Gasteiger partial charge on any atom is -0.477 e. The minimum atomic E-state index is -0.887. The van der Waals surface area contributed by atoms with Crippen LogP contribution in [0.4, 0.5) is 0 Å². The number of aryl methyl sites for hydroxylation is 1. The Kier molecular flexibility index (Phi) is 7.73. The standard InChI is InChI=1S/C24H33NO4S/c1-2-24(11-5-12-24)21(27)9-4-8-19-18(17(15-25)14-20(19)26)7-3-6-16-10-13-30-22(16)23(28)29/h4,8,10,13,17-21,26-27H,2-3,5-7,9,11-12,14H2,1H3,(H,28,29)/b8-4+/t17-,18-,19+,20+,21?/m0/s1. The van der Waals surface area contributed by atoms with Crippen molar-refractivity contribution in [2.24, 2.45) is 23.2 Å². The molecule has 1 aromatic heterocycles. The van der Waals surface area contributed by atoms with E-state index >= 15 is 0 Å². The predicted molar refractivity (Wildman–Crippen MR) is 117 cm³/mol. The second kappa shape index (κ2) is 10.1. The first-order chi connectivity index (χ1) is 14.4. The van der Waals surface area contributed by atoms with Crippen LogP contribution in [0.1, 0.15) is 73.5 Å². The largest absolute Gasteiger partial charge is 0.477 e. The Morgan fingerprint density at radius 2 is 2.23 bits per heavy atom. The van der Waals surface area contributed by atoms with Crippen molar-refractivity contribution < 1.29 is 20.1 Å². The van der Waals surface area contributed by atoms with Gasteiger partial charge in [0.1, 0.15) is 4.88 Å². The average molecular weight is 432 g/mol. The van der Waals surface area contributed by atoms with Crippen LogP contribution in [-0.4, -0.2) is 33.5 Å². The number of nitrogens with zero attached hydrogens (tertiary/aromatic N) is 1. The van der Waals surface area contributed by atoms with Gasteiger partial charge in [0.25, 0.3) is 0 Å². The lowest BCUT2D eigenvalue weighted by Crippen LogP contribution is -2.40. The van der Waals surface area contributed by atoms with Gasteiger partial charge in [-0.3, -0.25) is 0 Å². The summed E-state index contributed by atoms with van der Waals surface area (Å²) in [6.07, 6.45) is 10.8. The summed E-state index contributed by atoms with van der Waals surface area (Å²) in [5, 5.41) is 41.8. The highest BCUT2D eigenvalue weighted by atomic mass is 32.1. The highest BCUT2D eigenvalue weighted by Gasteiger charge is 2.42. The Morgan fingerprint density at radius 1 is 1.47 bits per heavy atom. The smallest absolute Gasteiger partial charge is 0.346 e. The van der Waals surface area contributed by atoms with Crippen LogP contribution in [0.5, 0.6) is 0 Å². The molecule has 2 saturated carbocycles. The van der Waals surface area contributed by atoms with Crippen molar-refractivity contribution in [2.45, 2.75) is 76.9 Å². The van der Waals surface area contributed by atoms with Crippen molar-refractivity contribution in [1.29, 1.82) is 5.26 Å². The number of aromatic carboxylic acids is 1. The van der Waals surface area contributed by atoms with Crippen molar-refractivity contribution in [1.82, 2.24) is 0 Å². The monoisotopic (exact) mass is 431 g/mol. The zero-order valence-corrected chi connectivity index (χ0v) is 18.5. The van der Waals surface area contributed by atoms with Gasteiger partial charge in [-0.05, 0) is 79.7 Å². The molecule has 0 radical (unpaired) electrons. The molecule has 3 N–H and O–H groups in total. The summed E-state index contributed by atoms with van der Waals surface area (Å²) in [5.74, 6) is -1.09. The summed E-state index contributed by atoms with van der Waals surface area (Å²) in [7, 11) is 0. The van der Waals surface area contributed by atoms with Crippen molar-refractivity contribution in [3.8, 4) is 6.07 Å². The van der Waals surface area contributed by atoms with Gasteiger partial charge in [0, 0.05) is 5.92 Å². The first-order valence-electron chi connectivity index (χ1n) is 11.1. The molecule has 0 aliphatic heterocycles. The Morgan fingerprint density at radius 3 is 2.83 bits per heavy atom. The van der Waals surface area contributed by atoms with Crippen LogP contribution >= 0.6 is 11.3 Å². The lowest BCUT2D eigenvalue weighted by Gasteiger charge is -2.45. The van der Waals surface area contributed by atoms with Gasteiger partial charge in [-0.25, -0.2) is 4.79 Å². The van der Waals surface area contributed by atoms with Crippen molar-refractivity contribution >= 4 is 17.3 Å². The molecule has 0 aromatic carbocycles. The van der Waals surface area contributed by atoms with Gasteiger partial charge in [-0.15, -0.1) is 11.3 Å². The van der Waals surface area contributed by atoms with Crippen molar-refractivity contribution in [2.75, 3.05) is 0 Å². The van der Waals surface area contributed by atoms with Gasteiger partial charge in [0.05, 0.1) is 24.2 Å². The Balaban J connectivity index is 1.59. The molecule has 1 heterocycles. The van der Waals surface area contributed by atoms with Gasteiger partial charge in [0.2, 0.25) is 0 Å². The summed E-state index contributed by atoms with van der Waals surface area (Å²) in [4.78, 5) is 11.7. The predicted octanol–water partition coefficient (Wildman–Crippen LogP) is 4.79. The molecule has 2 aliphatic rings. The third kappa shape index (κ3) is 4.80. The van der Waals surface area contributed by atoms with E-state index in [1.54, 1.807) is 5.38 Å². The third-order valence-corrected chi connectivity index (χ3v) is 8.46. The number of hydrogen-bond donors (Lipinski definition) is 3. The highest BCUT2D eigenvalue weighted by molar-refractivity contribution is 7.12. The lowest BCUT2D eigenvalue weighted by atomic mass is 9.63. The topological polar surface area (TPSA) is 102 Å². The fraction of sp³-hybridized carbons (Fsp3) is 0.667. The van der Waals surface area contributed by atoms with Crippen molar-refractivity contribution in [3.63, 3.8) is 0 Å². The van der Waals surface area contributed by atoms with Gasteiger partial charge < -0.3 is 15.3 Å². The summed E-state index contributed by atoms with van der Waals surface area (Å²) >= 11 is 1.24. The zero-order valence-electron chi connectivity index (χ0n) is 17.7. The van der Waals surface area contributed by atoms with E-state index in [1.165, 1.54) is 17.8 Å². The number of nitriles is 1. The average Bonchev–Trinajstić information content (AvgIpc) is 3.27. The minimum absolute atomic E-state index is 0.0640. The van der Waals surface area contributed by atoms with Crippen LogP contribution in [0.3, 0.4) is 0 Å². The van der Waals surface area contributed by atoms with E-state index in [1.807, 2.05) is 18.2 Å². The second-order valence-corrected chi connectivity index (χ2v) is 9.92. The Labute approximate surface area is 183 Å². The molecule has 3 rings (SSSR count). The molecule has 0 amide bonds. The molecule has 1 unspecified atom stereocenters. The Hall–Kier alpha value is -1.68. The van der Waals surface area contributed by atoms with Crippen LogP contribution in [0.15, 0.2) is 23.6 Å². The van der Waals surface area contributed by atoms with Crippen LogP contribution in [0.25, 0.3) is 0 Å². The number of carboxylic acid groups (broad SMARTS) is 1. The van der Waals surface area contributed by atoms with Crippen LogP contribution in [0, 0.1) is 34.5 Å². The van der Waals surface area contributed by atoms with E-state index in [0.29, 0.717) is 24.1 Å². The Bertz CT molecular complexity index is 786. The fourth-order valence-electron chi connectivity index (χ4n) is 5.38. The number of rotatable bonds is 10. The number of aliphatic hydroxyl groups excluding tert-OH is 2. The van der Waals surface area contributed by atoms with E-state index in [4.69, 9.17) is 0 Å². The maximum atomic E-state index is 11.3. The van der Waals surface area contributed by atoms with Gasteiger partial charge >= 0.3 is 5.97 Å². The second-order valence-electron chi connectivity index (χ2n) is 9.00. The first kappa shape index (κ1) is 23.0. The maximum Gasteiger partial charge on any atom is 0.346 e. The van der Waals surface area contributed by atoms with Gasteiger partial charge in [0.15, 0.2) is 0 Å². The van der Waals surface area contributed by atoms with E-state index < -0.39 is 12.1 Å². The number of aliphatic hydroxyl groups is 2. The molecule has 0 saturated heterocycles. The highest BCUT2D eigenvalue weighted by Crippen LogP contribution is 2.48. The molecular formula is C24H33NO4S. The molecule has 1 aromatic rings. The zero-order chi connectivity index (χ0) is 21.7.